The number of hydrogen-bond acceptors (Lipinski definition) is 4. The van der Waals surface area contributed by atoms with Crippen molar-refractivity contribution < 1.29 is 19.8 Å². The summed E-state index contributed by atoms with van der Waals surface area (Å²) in [6.45, 7) is 1.85. The van der Waals surface area contributed by atoms with E-state index in [-0.39, 0.29) is 23.4 Å². The molecule has 3 aromatic carbocycles. The molecule has 0 saturated heterocycles. The van der Waals surface area contributed by atoms with Crippen LogP contribution in [0.4, 0.5) is 0 Å². The van der Waals surface area contributed by atoms with Crippen LogP contribution in [-0.2, 0) is 0 Å². The van der Waals surface area contributed by atoms with Crippen LogP contribution in [0.5, 0.6) is 11.8 Å². The van der Waals surface area contributed by atoms with E-state index in [0.29, 0.717) is 16.3 Å². The Morgan fingerprint density at radius 1 is 0.742 bits per heavy atom. The SMILES string of the molecule is C[C@H](c1ccccc1)n1c(O)c2ccc(C(=O)N=NC(=O)c3ccccc3)cc2c1O. The van der Waals surface area contributed by atoms with Crippen molar-refractivity contribution in [1.29, 1.82) is 0 Å². The van der Waals surface area contributed by atoms with E-state index in [1.165, 1.54) is 22.8 Å². The van der Waals surface area contributed by atoms with Crippen molar-refractivity contribution in [3.63, 3.8) is 0 Å². The molecule has 4 aromatic rings. The van der Waals surface area contributed by atoms with Crippen LogP contribution in [0.2, 0.25) is 0 Å². The predicted molar refractivity (Wildman–Crippen MR) is 115 cm³/mol. The van der Waals surface area contributed by atoms with Gasteiger partial charge in [-0.25, -0.2) is 0 Å². The van der Waals surface area contributed by atoms with Gasteiger partial charge in [0.25, 0.3) is 11.8 Å². The third-order valence-corrected chi connectivity index (χ3v) is 5.13. The lowest BCUT2D eigenvalue weighted by Crippen LogP contribution is -2.05. The molecule has 1 heterocycles. The van der Waals surface area contributed by atoms with Crippen LogP contribution in [0.25, 0.3) is 10.8 Å². The first-order valence-corrected chi connectivity index (χ1v) is 9.63. The quantitative estimate of drug-likeness (QED) is 0.454. The number of carbonyl (C=O) groups is 2. The summed E-state index contributed by atoms with van der Waals surface area (Å²) < 4.78 is 1.40. The Morgan fingerprint density at radius 2 is 1.29 bits per heavy atom. The Hall–Kier alpha value is -4.26. The van der Waals surface area contributed by atoms with Gasteiger partial charge < -0.3 is 10.2 Å². The molecule has 1 atom stereocenters. The van der Waals surface area contributed by atoms with Gasteiger partial charge in [-0.2, -0.15) is 0 Å². The molecule has 7 heteroatoms. The minimum absolute atomic E-state index is 0.108. The summed E-state index contributed by atoms with van der Waals surface area (Å²) in [5.74, 6) is -1.63. The standard InChI is InChI=1S/C24H19N3O4/c1-15(16-8-4-2-5-9-16)27-23(30)19-13-12-18(14-20(19)24(27)31)22(29)26-25-21(28)17-10-6-3-7-11-17/h2-15,30-31H,1H3/t15-/m1/s1. The van der Waals surface area contributed by atoms with E-state index in [1.807, 2.05) is 37.3 Å². The molecule has 154 valence electrons. The van der Waals surface area contributed by atoms with Crippen LogP contribution in [0.3, 0.4) is 0 Å². The number of hydrogen-bond donors (Lipinski definition) is 2. The summed E-state index contributed by atoms with van der Waals surface area (Å²) >= 11 is 0. The third kappa shape index (κ3) is 3.81. The molecule has 1 aromatic heterocycles. The van der Waals surface area contributed by atoms with Crippen molar-refractivity contribution >= 4 is 22.6 Å². The molecule has 31 heavy (non-hydrogen) atoms. The second-order valence-corrected chi connectivity index (χ2v) is 7.04. The van der Waals surface area contributed by atoms with Gasteiger partial charge in [0.1, 0.15) is 0 Å². The molecule has 4 rings (SSSR count). The molecular weight excluding hydrogens is 394 g/mol. The number of fused-ring (bicyclic) bond motifs is 1. The molecule has 0 spiro atoms. The monoisotopic (exact) mass is 413 g/mol. The Kier molecular flexibility index (Phi) is 5.32. The van der Waals surface area contributed by atoms with Crippen LogP contribution in [-0.4, -0.2) is 26.6 Å². The highest BCUT2D eigenvalue weighted by atomic mass is 16.3. The van der Waals surface area contributed by atoms with Gasteiger partial charge >= 0.3 is 0 Å². The lowest BCUT2D eigenvalue weighted by atomic mass is 10.1. The zero-order valence-corrected chi connectivity index (χ0v) is 16.6. The van der Waals surface area contributed by atoms with E-state index in [0.717, 1.165) is 5.56 Å². The average Bonchev–Trinajstić information content (AvgIpc) is 3.07. The Labute approximate surface area is 177 Å². The van der Waals surface area contributed by atoms with E-state index < -0.39 is 11.8 Å². The zero-order chi connectivity index (χ0) is 22.0. The largest absolute Gasteiger partial charge is 0.494 e. The van der Waals surface area contributed by atoms with Crippen LogP contribution < -0.4 is 0 Å². The molecule has 0 bridgehead atoms. The summed E-state index contributed by atoms with van der Waals surface area (Å²) in [5.41, 5.74) is 1.36. The summed E-state index contributed by atoms with van der Waals surface area (Å²) in [7, 11) is 0. The van der Waals surface area contributed by atoms with Crippen molar-refractivity contribution in [2.75, 3.05) is 0 Å². The van der Waals surface area contributed by atoms with Crippen molar-refractivity contribution in [2.45, 2.75) is 13.0 Å². The molecule has 2 amide bonds. The number of benzene rings is 3. The fourth-order valence-corrected chi connectivity index (χ4v) is 3.45. The summed E-state index contributed by atoms with van der Waals surface area (Å²) in [5, 5.41) is 29.1. The minimum Gasteiger partial charge on any atom is -0.494 e. The van der Waals surface area contributed by atoms with E-state index >= 15 is 0 Å². The second-order valence-electron chi connectivity index (χ2n) is 7.04. The van der Waals surface area contributed by atoms with Gasteiger partial charge in [0, 0.05) is 21.9 Å². The van der Waals surface area contributed by atoms with Gasteiger partial charge in [-0.15, -0.1) is 10.2 Å². The van der Waals surface area contributed by atoms with E-state index in [1.54, 1.807) is 30.3 Å². The van der Waals surface area contributed by atoms with Crippen molar-refractivity contribution in [3.8, 4) is 11.8 Å². The van der Waals surface area contributed by atoms with Gasteiger partial charge in [-0.1, -0.05) is 48.5 Å². The molecule has 0 unspecified atom stereocenters. The first-order chi connectivity index (χ1) is 15.0. The fraction of sp³-hybridized carbons (Fsp3) is 0.0833. The minimum atomic E-state index is -0.728. The van der Waals surface area contributed by atoms with Crippen LogP contribution in [0.1, 0.15) is 39.2 Å². The highest BCUT2D eigenvalue weighted by molar-refractivity contribution is 6.03. The number of amides is 2. The summed E-state index contributed by atoms with van der Waals surface area (Å²) in [4.78, 5) is 24.4. The maximum absolute atomic E-state index is 12.4. The normalized spacial score (nSPS) is 12.3. The van der Waals surface area contributed by atoms with Crippen molar-refractivity contribution in [1.82, 2.24) is 4.57 Å². The molecule has 0 radical (unpaired) electrons. The van der Waals surface area contributed by atoms with Crippen molar-refractivity contribution in [2.24, 2.45) is 10.2 Å². The third-order valence-electron chi connectivity index (χ3n) is 5.13. The van der Waals surface area contributed by atoms with Crippen LogP contribution in [0.15, 0.2) is 89.1 Å². The topological polar surface area (TPSA) is 104 Å². The van der Waals surface area contributed by atoms with Crippen molar-refractivity contribution in [3.05, 3.63) is 95.6 Å². The first kappa shape index (κ1) is 20.0. The van der Waals surface area contributed by atoms with Crippen LogP contribution >= 0.6 is 0 Å². The Balaban J connectivity index is 1.65. The lowest BCUT2D eigenvalue weighted by molar-refractivity contribution is 0.0947. The Morgan fingerprint density at radius 3 is 1.94 bits per heavy atom. The van der Waals surface area contributed by atoms with Gasteiger partial charge in [0.15, 0.2) is 0 Å². The van der Waals surface area contributed by atoms with E-state index in [2.05, 4.69) is 10.2 Å². The number of rotatable bonds is 4. The summed E-state index contributed by atoms with van der Waals surface area (Å²) in [6, 6.07) is 21.8. The lowest BCUT2D eigenvalue weighted by Gasteiger charge is -2.16. The van der Waals surface area contributed by atoms with E-state index in [4.69, 9.17) is 0 Å². The molecular formula is C24H19N3O4. The van der Waals surface area contributed by atoms with Gasteiger partial charge in [-0.3, -0.25) is 14.2 Å². The fourth-order valence-electron chi connectivity index (χ4n) is 3.45. The zero-order valence-electron chi connectivity index (χ0n) is 16.6. The number of aromatic hydroxyl groups is 2. The van der Waals surface area contributed by atoms with Crippen LogP contribution in [0, 0.1) is 0 Å². The van der Waals surface area contributed by atoms with Gasteiger partial charge in [-0.05, 0) is 42.8 Å². The molecule has 0 aliphatic heterocycles. The predicted octanol–water partition coefficient (Wildman–Crippen LogP) is 5.09. The highest BCUT2D eigenvalue weighted by Gasteiger charge is 2.22. The highest BCUT2D eigenvalue weighted by Crippen LogP contribution is 2.40. The maximum Gasteiger partial charge on any atom is 0.295 e. The first-order valence-electron chi connectivity index (χ1n) is 9.63. The van der Waals surface area contributed by atoms with Gasteiger partial charge in [0.05, 0.1) is 6.04 Å². The summed E-state index contributed by atoms with van der Waals surface area (Å²) in [6.07, 6.45) is 0. The number of carbonyl (C=O) groups excluding carboxylic acids is 2. The molecule has 7 nitrogen and oxygen atoms in total. The number of aromatic nitrogens is 1. The molecule has 0 aliphatic carbocycles. The average molecular weight is 413 g/mol. The molecule has 0 aliphatic rings. The molecule has 0 fully saturated rings. The van der Waals surface area contributed by atoms with Gasteiger partial charge in [0.2, 0.25) is 11.8 Å². The second kappa shape index (κ2) is 8.23. The number of nitrogens with zero attached hydrogens (tertiary/aromatic N) is 3. The van der Waals surface area contributed by atoms with E-state index in [9.17, 15) is 19.8 Å². The molecule has 2 N–H and O–H groups in total. The number of azo groups is 1. The maximum atomic E-state index is 12.4. The Bertz CT molecular complexity index is 1290. The smallest absolute Gasteiger partial charge is 0.295 e. The molecule has 0 saturated carbocycles.